The molecule has 1 amide bonds. The van der Waals surface area contributed by atoms with Crippen LogP contribution in [0.2, 0.25) is 0 Å². The van der Waals surface area contributed by atoms with Gasteiger partial charge in [0.05, 0.1) is 17.3 Å². The molecule has 0 saturated carbocycles. The SMILES string of the molecule is Cc1cnc(Nc2ccnn2C)nc1-c1coc(C(=O)NC(C)(C)c2cccc(C(F)(F)F)c2)n1. The zero-order valence-corrected chi connectivity index (χ0v) is 19.3. The molecule has 0 aliphatic rings. The normalized spacial score (nSPS) is 12.0. The smallest absolute Gasteiger partial charge is 0.416 e. The molecule has 0 spiro atoms. The molecule has 9 nitrogen and oxygen atoms in total. The van der Waals surface area contributed by atoms with Gasteiger partial charge in [-0.05, 0) is 44.0 Å². The molecule has 35 heavy (non-hydrogen) atoms. The molecule has 0 fully saturated rings. The van der Waals surface area contributed by atoms with Crippen molar-refractivity contribution in [2.75, 3.05) is 5.32 Å². The zero-order valence-electron chi connectivity index (χ0n) is 19.3. The van der Waals surface area contributed by atoms with E-state index in [1.54, 1.807) is 51.0 Å². The highest BCUT2D eigenvalue weighted by Crippen LogP contribution is 2.32. The number of halogens is 3. The molecule has 0 bridgehead atoms. The topological polar surface area (TPSA) is 111 Å². The van der Waals surface area contributed by atoms with Crippen molar-refractivity contribution < 1.29 is 22.4 Å². The van der Waals surface area contributed by atoms with Crippen LogP contribution in [0.1, 0.15) is 41.2 Å². The lowest BCUT2D eigenvalue weighted by atomic mass is 9.92. The summed E-state index contributed by atoms with van der Waals surface area (Å²) in [5.41, 5.74) is -0.192. The van der Waals surface area contributed by atoms with Crippen LogP contribution in [0.3, 0.4) is 0 Å². The summed E-state index contributed by atoms with van der Waals surface area (Å²) < 4.78 is 46.3. The highest BCUT2D eigenvalue weighted by molar-refractivity contribution is 5.90. The molecule has 182 valence electrons. The number of nitrogens with zero attached hydrogens (tertiary/aromatic N) is 5. The Balaban J connectivity index is 1.54. The van der Waals surface area contributed by atoms with Gasteiger partial charge in [0.15, 0.2) is 0 Å². The van der Waals surface area contributed by atoms with Crippen LogP contribution in [-0.2, 0) is 18.8 Å². The van der Waals surface area contributed by atoms with Crippen molar-refractivity contribution in [2.24, 2.45) is 7.05 Å². The van der Waals surface area contributed by atoms with E-state index in [0.717, 1.165) is 12.1 Å². The molecule has 12 heteroatoms. The number of alkyl halides is 3. The largest absolute Gasteiger partial charge is 0.440 e. The third-order valence-corrected chi connectivity index (χ3v) is 5.31. The number of hydrogen-bond donors (Lipinski definition) is 2. The van der Waals surface area contributed by atoms with E-state index in [1.807, 2.05) is 0 Å². The molecule has 0 unspecified atom stereocenters. The Morgan fingerprint density at radius 2 is 1.86 bits per heavy atom. The number of hydrogen-bond acceptors (Lipinski definition) is 7. The fourth-order valence-electron chi connectivity index (χ4n) is 3.35. The van der Waals surface area contributed by atoms with Crippen LogP contribution in [-0.4, -0.2) is 30.6 Å². The maximum absolute atomic E-state index is 13.1. The van der Waals surface area contributed by atoms with E-state index in [-0.39, 0.29) is 11.5 Å². The third-order valence-electron chi connectivity index (χ3n) is 5.31. The van der Waals surface area contributed by atoms with Gasteiger partial charge in [0.1, 0.15) is 23.5 Å². The van der Waals surface area contributed by atoms with Gasteiger partial charge in [0, 0.05) is 19.3 Å². The number of benzene rings is 1. The van der Waals surface area contributed by atoms with Gasteiger partial charge < -0.3 is 15.1 Å². The quantitative estimate of drug-likeness (QED) is 0.411. The van der Waals surface area contributed by atoms with E-state index in [2.05, 4.69) is 30.7 Å². The second-order valence-corrected chi connectivity index (χ2v) is 8.39. The van der Waals surface area contributed by atoms with Crippen molar-refractivity contribution >= 4 is 17.7 Å². The first kappa shape index (κ1) is 23.9. The molecule has 3 heterocycles. The fourth-order valence-corrected chi connectivity index (χ4v) is 3.35. The first-order chi connectivity index (χ1) is 16.4. The molecule has 0 saturated heterocycles. The van der Waals surface area contributed by atoms with Crippen LogP contribution in [0.4, 0.5) is 24.9 Å². The summed E-state index contributed by atoms with van der Waals surface area (Å²) in [6.07, 6.45) is 0.0236. The monoisotopic (exact) mass is 485 g/mol. The van der Waals surface area contributed by atoms with Crippen LogP contribution in [0.25, 0.3) is 11.4 Å². The minimum absolute atomic E-state index is 0.251. The fraction of sp³-hybridized carbons (Fsp3) is 0.261. The second-order valence-electron chi connectivity index (χ2n) is 8.39. The average molecular weight is 485 g/mol. The number of rotatable bonds is 6. The predicted octanol–water partition coefficient (Wildman–Crippen LogP) is 4.60. The van der Waals surface area contributed by atoms with Crippen molar-refractivity contribution in [3.8, 4) is 11.4 Å². The van der Waals surface area contributed by atoms with Gasteiger partial charge in [0.25, 0.3) is 5.89 Å². The summed E-state index contributed by atoms with van der Waals surface area (Å²) in [6, 6.07) is 6.54. The van der Waals surface area contributed by atoms with E-state index in [4.69, 9.17) is 4.42 Å². The van der Waals surface area contributed by atoms with Gasteiger partial charge in [-0.1, -0.05) is 12.1 Å². The molecule has 3 aromatic heterocycles. The Morgan fingerprint density at radius 1 is 1.11 bits per heavy atom. The number of amides is 1. The number of oxazole rings is 1. The van der Waals surface area contributed by atoms with E-state index in [1.165, 1.54) is 18.4 Å². The van der Waals surface area contributed by atoms with Crippen molar-refractivity contribution in [3.63, 3.8) is 0 Å². The van der Waals surface area contributed by atoms with Crippen molar-refractivity contribution in [1.82, 2.24) is 30.0 Å². The van der Waals surface area contributed by atoms with Gasteiger partial charge in [-0.25, -0.2) is 15.0 Å². The van der Waals surface area contributed by atoms with E-state index < -0.39 is 23.2 Å². The Kier molecular flexibility index (Phi) is 6.05. The summed E-state index contributed by atoms with van der Waals surface area (Å²) >= 11 is 0. The maximum atomic E-state index is 13.1. The molecular weight excluding hydrogens is 463 g/mol. The molecule has 1 aromatic carbocycles. The molecular formula is C23H22F3N7O2. The van der Waals surface area contributed by atoms with Gasteiger partial charge in [-0.2, -0.15) is 18.3 Å². The molecule has 0 aliphatic carbocycles. The summed E-state index contributed by atoms with van der Waals surface area (Å²) in [6.45, 7) is 4.97. The van der Waals surface area contributed by atoms with Gasteiger partial charge in [0.2, 0.25) is 5.95 Å². The third kappa shape index (κ3) is 5.15. The highest BCUT2D eigenvalue weighted by atomic mass is 19.4. The lowest BCUT2D eigenvalue weighted by Crippen LogP contribution is -2.41. The predicted molar refractivity (Wildman–Crippen MR) is 121 cm³/mol. The average Bonchev–Trinajstić information content (AvgIpc) is 3.44. The Hall–Kier alpha value is -4.22. The molecule has 4 rings (SSSR count). The summed E-state index contributed by atoms with van der Waals surface area (Å²) in [5, 5.41) is 9.79. The minimum atomic E-state index is -4.49. The van der Waals surface area contributed by atoms with E-state index in [0.29, 0.717) is 28.7 Å². The van der Waals surface area contributed by atoms with Crippen LogP contribution in [0.15, 0.2) is 53.4 Å². The zero-order chi connectivity index (χ0) is 25.4. The molecule has 0 aliphatic heterocycles. The summed E-state index contributed by atoms with van der Waals surface area (Å²) in [4.78, 5) is 25.8. The lowest BCUT2D eigenvalue weighted by molar-refractivity contribution is -0.137. The number of aromatic nitrogens is 5. The Bertz CT molecular complexity index is 1380. The lowest BCUT2D eigenvalue weighted by Gasteiger charge is -2.27. The number of nitrogens with one attached hydrogen (secondary N) is 2. The van der Waals surface area contributed by atoms with Crippen molar-refractivity contribution in [2.45, 2.75) is 32.5 Å². The molecule has 0 radical (unpaired) electrons. The Labute approximate surface area is 198 Å². The van der Waals surface area contributed by atoms with Crippen LogP contribution in [0.5, 0.6) is 0 Å². The first-order valence-corrected chi connectivity index (χ1v) is 10.5. The van der Waals surface area contributed by atoms with E-state index in [9.17, 15) is 18.0 Å². The summed E-state index contributed by atoms with van der Waals surface area (Å²) in [7, 11) is 1.76. The summed E-state index contributed by atoms with van der Waals surface area (Å²) in [5.74, 6) is 0.0449. The molecule has 4 aromatic rings. The van der Waals surface area contributed by atoms with Crippen molar-refractivity contribution in [3.05, 3.63) is 71.6 Å². The van der Waals surface area contributed by atoms with Gasteiger partial charge in [-0.15, -0.1) is 0 Å². The highest BCUT2D eigenvalue weighted by Gasteiger charge is 2.33. The number of aryl methyl sites for hydroxylation is 2. The molecule has 2 N–H and O–H groups in total. The number of carbonyl (C=O) groups is 1. The van der Waals surface area contributed by atoms with Crippen LogP contribution >= 0.6 is 0 Å². The standard InChI is InChI=1S/C23H22F3N7O2/c1-13-11-27-21(30-17-8-9-28-33(17)4)31-18(13)16-12-35-20(29-16)19(34)32-22(2,3)14-6-5-7-15(10-14)23(24,25)26/h5-12H,1-4H3,(H,32,34)(H,27,30,31). The second kappa shape index (κ2) is 8.85. The number of carbonyl (C=O) groups excluding carboxylic acids is 1. The first-order valence-electron chi connectivity index (χ1n) is 10.5. The maximum Gasteiger partial charge on any atom is 0.416 e. The Morgan fingerprint density at radius 3 is 2.54 bits per heavy atom. The molecule has 0 atom stereocenters. The van der Waals surface area contributed by atoms with Gasteiger partial charge >= 0.3 is 12.1 Å². The van der Waals surface area contributed by atoms with Gasteiger partial charge in [-0.3, -0.25) is 9.48 Å². The van der Waals surface area contributed by atoms with Crippen molar-refractivity contribution in [1.29, 1.82) is 0 Å². The number of anilines is 2. The van der Waals surface area contributed by atoms with Crippen LogP contribution < -0.4 is 10.6 Å². The van der Waals surface area contributed by atoms with E-state index >= 15 is 0 Å². The minimum Gasteiger partial charge on any atom is -0.440 e. The van der Waals surface area contributed by atoms with Crippen LogP contribution in [0, 0.1) is 6.92 Å².